The van der Waals surface area contributed by atoms with Crippen molar-refractivity contribution in [3.8, 4) is 10.8 Å². The molecule has 0 aliphatic heterocycles. The number of thiazole rings is 1. The molecule has 0 saturated carbocycles. The molecule has 0 radical (unpaired) electrons. The highest BCUT2D eigenvalue weighted by Gasteiger charge is 2.20. The van der Waals surface area contributed by atoms with Gasteiger partial charge >= 0.3 is 0 Å². The second-order valence-corrected chi connectivity index (χ2v) is 6.58. The third-order valence-electron chi connectivity index (χ3n) is 3.24. The molecule has 6 heteroatoms. The van der Waals surface area contributed by atoms with E-state index < -0.39 is 6.10 Å². The first-order valence-electron chi connectivity index (χ1n) is 7.35. The van der Waals surface area contributed by atoms with Crippen molar-refractivity contribution >= 4 is 17.2 Å². The van der Waals surface area contributed by atoms with Gasteiger partial charge in [-0.05, 0) is 39.8 Å². The fourth-order valence-corrected chi connectivity index (χ4v) is 2.97. The van der Waals surface area contributed by atoms with Crippen LogP contribution in [-0.2, 0) is 11.2 Å². The Kier molecular flexibility index (Phi) is 5.37. The van der Waals surface area contributed by atoms with Crippen molar-refractivity contribution in [3.63, 3.8) is 0 Å². The summed E-state index contributed by atoms with van der Waals surface area (Å²) in [4.78, 5) is 18.5. The highest BCUT2D eigenvalue weighted by Crippen LogP contribution is 2.25. The average molecular weight is 322 g/mol. The van der Waals surface area contributed by atoms with E-state index in [9.17, 15) is 9.90 Å². The van der Waals surface area contributed by atoms with E-state index in [0.717, 1.165) is 22.2 Å². The lowest BCUT2D eigenvalue weighted by molar-refractivity contribution is -0.133. The molecule has 0 aliphatic rings. The Bertz CT molecular complexity index is 631. The van der Waals surface area contributed by atoms with E-state index >= 15 is 0 Å². The van der Waals surface area contributed by atoms with Gasteiger partial charge in [0.2, 0.25) is 5.91 Å². The zero-order valence-electron chi connectivity index (χ0n) is 13.4. The molecule has 5 nitrogen and oxygen atoms in total. The van der Waals surface area contributed by atoms with Gasteiger partial charge in [-0.3, -0.25) is 4.79 Å². The van der Waals surface area contributed by atoms with E-state index in [-0.39, 0.29) is 18.4 Å². The van der Waals surface area contributed by atoms with Gasteiger partial charge in [0.1, 0.15) is 5.76 Å². The summed E-state index contributed by atoms with van der Waals surface area (Å²) in [5.74, 6) is 1.54. The molecular formula is C16H22N2O3S. The molecule has 2 aromatic heterocycles. The van der Waals surface area contributed by atoms with Gasteiger partial charge in [0, 0.05) is 18.0 Å². The number of hydrogen-bond acceptors (Lipinski definition) is 5. The van der Waals surface area contributed by atoms with Crippen LogP contribution in [0.3, 0.4) is 0 Å². The minimum atomic E-state index is -0.538. The van der Waals surface area contributed by atoms with Crippen LogP contribution in [0.1, 0.15) is 32.2 Å². The number of rotatable bonds is 6. The number of carbonyl (C=O) groups excluding carboxylic acids is 1. The number of amides is 1. The number of aromatic nitrogens is 1. The highest BCUT2D eigenvalue weighted by atomic mass is 32.1. The van der Waals surface area contributed by atoms with Crippen LogP contribution < -0.4 is 0 Å². The summed E-state index contributed by atoms with van der Waals surface area (Å²) in [5, 5.41) is 12.2. The zero-order chi connectivity index (χ0) is 16.3. The van der Waals surface area contributed by atoms with Gasteiger partial charge in [-0.15, -0.1) is 11.3 Å². The largest absolute Gasteiger partial charge is 0.459 e. The van der Waals surface area contributed by atoms with Crippen LogP contribution in [0, 0.1) is 6.92 Å². The smallest absolute Gasteiger partial charge is 0.228 e. The Balaban J connectivity index is 2.07. The van der Waals surface area contributed by atoms with E-state index in [0.29, 0.717) is 6.54 Å². The Morgan fingerprint density at radius 2 is 2.14 bits per heavy atom. The van der Waals surface area contributed by atoms with Crippen molar-refractivity contribution < 1.29 is 14.3 Å². The van der Waals surface area contributed by atoms with E-state index in [1.165, 1.54) is 11.3 Å². The maximum Gasteiger partial charge on any atom is 0.228 e. The Morgan fingerprint density at radius 3 is 2.68 bits per heavy atom. The first kappa shape index (κ1) is 16.7. The van der Waals surface area contributed by atoms with Crippen LogP contribution >= 0.6 is 11.3 Å². The van der Waals surface area contributed by atoms with E-state index in [4.69, 9.17) is 4.42 Å². The third kappa shape index (κ3) is 4.18. The summed E-state index contributed by atoms with van der Waals surface area (Å²) in [6.45, 7) is 7.79. The minimum Gasteiger partial charge on any atom is -0.459 e. The van der Waals surface area contributed by atoms with Crippen molar-refractivity contribution in [2.75, 3.05) is 6.54 Å². The van der Waals surface area contributed by atoms with Crippen LogP contribution in [0.15, 0.2) is 21.9 Å². The quantitative estimate of drug-likeness (QED) is 0.888. The molecule has 0 saturated heterocycles. The number of aryl methyl sites for hydroxylation is 1. The first-order chi connectivity index (χ1) is 10.4. The van der Waals surface area contributed by atoms with Crippen molar-refractivity contribution in [2.45, 2.75) is 46.3 Å². The van der Waals surface area contributed by atoms with Gasteiger partial charge < -0.3 is 14.4 Å². The third-order valence-corrected chi connectivity index (χ3v) is 4.15. The maximum atomic E-state index is 12.4. The standard InChI is InChI=1S/C16H22N2O3S/c1-10(2)18(8-11(3)19)15(20)7-13-9-22-16(17-13)14-6-5-12(4)21-14/h5-6,9-11,19H,7-8H2,1-4H3. The number of aliphatic hydroxyl groups excluding tert-OH is 1. The molecule has 1 unspecified atom stereocenters. The number of carbonyl (C=O) groups is 1. The molecule has 1 amide bonds. The van der Waals surface area contributed by atoms with Crippen LogP contribution in [0.4, 0.5) is 0 Å². The number of nitrogens with zero attached hydrogens (tertiary/aromatic N) is 2. The molecule has 120 valence electrons. The van der Waals surface area contributed by atoms with Crippen molar-refractivity contribution in [1.82, 2.24) is 9.88 Å². The fraction of sp³-hybridized carbons (Fsp3) is 0.500. The Hall–Kier alpha value is -1.66. The van der Waals surface area contributed by atoms with Gasteiger partial charge in [0.15, 0.2) is 10.8 Å². The van der Waals surface area contributed by atoms with Crippen LogP contribution in [0.25, 0.3) is 10.8 Å². The molecule has 0 fully saturated rings. The molecule has 0 bridgehead atoms. The second kappa shape index (κ2) is 7.07. The first-order valence-corrected chi connectivity index (χ1v) is 8.23. The Labute approximate surface area is 134 Å². The lowest BCUT2D eigenvalue weighted by Crippen LogP contribution is -2.42. The molecule has 2 aromatic rings. The summed E-state index contributed by atoms with van der Waals surface area (Å²) in [6, 6.07) is 3.83. The summed E-state index contributed by atoms with van der Waals surface area (Å²) < 4.78 is 5.55. The summed E-state index contributed by atoms with van der Waals surface area (Å²) in [6.07, 6.45) is -0.301. The molecule has 0 spiro atoms. The number of hydrogen-bond donors (Lipinski definition) is 1. The van der Waals surface area contributed by atoms with Crippen molar-refractivity contribution in [3.05, 3.63) is 29.0 Å². The summed E-state index contributed by atoms with van der Waals surface area (Å²) in [7, 11) is 0. The van der Waals surface area contributed by atoms with Gasteiger partial charge in [-0.25, -0.2) is 4.98 Å². The molecule has 1 N–H and O–H groups in total. The average Bonchev–Trinajstić information content (AvgIpc) is 3.04. The maximum absolute atomic E-state index is 12.4. The lowest BCUT2D eigenvalue weighted by atomic mass is 10.2. The SMILES string of the molecule is Cc1ccc(-c2nc(CC(=O)N(CC(C)O)C(C)C)cs2)o1. The monoisotopic (exact) mass is 322 g/mol. The van der Waals surface area contributed by atoms with Crippen molar-refractivity contribution in [1.29, 1.82) is 0 Å². The fourth-order valence-electron chi connectivity index (χ4n) is 2.19. The molecule has 0 aliphatic carbocycles. The molecular weight excluding hydrogens is 300 g/mol. The summed E-state index contributed by atoms with van der Waals surface area (Å²) in [5.41, 5.74) is 0.732. The van der Waals surface area contributed by atoms with Crippen molar-refractivity contribution in [2.24, 2.45) is 0 Å². The molecule has 22 heavy (non-hydrogen) atoms. The van der Waals surface area contributed by atoms with Gasteiger partial charge in [0.25, 0.3) is 0 Å². The second-order valence-electron chi connectivity index (χ2n) is 5.72. The minimum absolute atomic E-state index is 0.0247. The molecule has 2 heterocycles. The van der Waals surface area contributed by atoms with Gasteiger partial charge in [0.05, 0.1) is 18.2 Å². The zero-order valence-corrected chi connectivity index (χ0v) is 14.2. The lowest BCUT2D eigenvalue weighted by Gasteiger charge is -2.27. The topological polar surface area (TPSA) is 66.6 Å². The predicted molar refractivity (Wildman–Crippen MR) is 86.8 cm³/mol. The summed E-state index contributed by atoms with van der Waals surface area (Å²) >= 11 is 1.47. The number of furan rings is 1. The highest BCUT2D eigenvalue weighted by molar-refractivity contribution is 7.13. The normalized spacial score (nSPS) is 12.6. The van der Waals surface area contributed by atoms with Crippen LogP contribution in [-0.4, -0.2) is 39.6 Å². The van der Waals surface area contributed by atoms with Crippen LogP contribution in [0.5, 0.6) is 0 Å². The Morgan fingerprint density at radius 1 is 1.41 bits per heavy atom. The van der Waals surface area contributed by atoms with Gasteiger partial charge in [-0.2, -0.15) is 0 Å². The van der Waals surface area contributed by atoms with Gasteiger partial charge in [-0.1, -0.05) is 0 Å². The molecule has 0 aromatic carbocycles. The van der Waals surface area contributed by atoms with E-state index in [1.54, 1.807) is 11.8 Å². The molecule has 1 atom stereocenters. The predicted octanol–water partition coefficient (Wildman–Crippen LogP) is 2.87. The number of aliphatic hydroxyl groups is 1. The molecule has 2 rings (SSSR count). The van der Waals surface area contributed by atoms with E-state index in [2.05, 4.69) is 4.98 Å². The van der Waals surface area contributed by atoms with Crippen LogP contribution in [0.2, 0.25) is 0 Å². The van der Waals surface area contributed by atoms with E-state index in [1.807, 2.05) is 38.3 Å².